The van der Waals surface area contributed by atoms with Gasteiger partial charge in [0.15, 0.2) is 5.69 Å². The maximum Gasteiger partial charge on any atom is 0.309 e. The summed E-state index contributed by atoms with van der Waals surface area (Å²) in [4.78, 5) is 16.5. The van der Waals surface area contributed by atoms with Crippen LogP contribution < -0.4 is 15.4 Å². The first-order valence-electron chi connectivity index (χ1n) is 10.7. The highest BCUT2D eigenvalue weighted by Crippen LogP contribution is 2.14. The molecular weight excluding hydrogens is 494 g/mol. The number of aliphatic hydroxyl groups is 1. The molecule has 3 aromatic rings. The van der Waals surface area contributed by atoms with Gasteiger partial charge in [-0.05, 0) is 41.8 Å². The summed E-state index contributed by atoms with van der Waals surface area (Å²) in [6, 6.07) is 8.73. The summed E-state index contributed by atoms with van der Waals surface area (Å²) in [5.41, 5.74) is 1.52. The van der Waals surface area contributed by atoms with Crippen molar-refractivity contribution in [2.75, 3.05) is 17.5 Å². The predicted octanol–water partition coefficient (Wildman–Crippen LogP) is 1.80. The molecule has 2 aromatic carbocycles. The fourth-order valence-electron chi connectivity index (χ4n) is 3.37. The minimum Gasteiger partial charge on any atom is -0.431 e. The van der Waals surface area contributed by atoms with Crippen LogP contribution in [0, 0.1) is 24.0 Å². The number of aliphatic hydroxyl groups excluding tert-OH is 1. The van der Waals surface area contributed by atoms with E-state index in [9.17, 15) is 27.1 Å². The zero-order chi connectivity index (χ0) is 26.3. The maximum absolute atomic E-state index is 13.7. The van der Waals surface area contributed by atoms with Crippen molar-refractivity contribution in [1.29, 1.82) is 0 Å². The minimum atomic E-state index is -3.68. The number of terminal acetylenes is 1. The monoisotopic (exact) mass is 518 g/mol. The Balaban J connectivity index is 1.72. The maximum atomic E-state index is 13.7. The van der Waals surface area contributed by atoms with Crippen molar-refractivity contribution in [2.45, 2.75) is 25.1 Å². The van der Waals surface area contributed by atoms with Crippen molar-refractivity contribution in [3.63, 3.8) is 0 Å². The lowest BCUT2D eigenvalue weighted by molar-refractivity contribution is 0.0825. The molecule has 190 valence electrons. The summed E-state index contributed by atoms with van der Waals surface area (Å²) in [6.07, 6.45) is 5.94. The van der Waals surface area contributed by atoms with E-state index < -0.39 is 45.7 Å². The van der Waals surface area contributed by atoms with E-state index in [1.807, 2.05) is 10.8 Å². The fourth-order valence-corrected chi connectivity index (χ4v) is 3.78. The van der Waals surface area contributed by atoms with Gasteiger partial charge in [0.05, 0.1) is 18.4 Å². The lowest BCUT2D eigenvalue weighted by atomic mass is 10.0. The van der Waals surface area contributed by atoms with Crippen molar-refractivity contribution >= 4 is 21.9 Å². The first kappa shape index (κ1) is 26.8. The summed E-state index contributed by atoms with van der Waals surface area (Å²) < 4.78 is 57.0. The fraction of sp³-hybridized carbons (Fsp3) is 0.250. The molecule has 4 N–H and O–H groups in total. The molecule has 1 aromatic heterocycles. The lowest BCUT2D eigenvalue weighted by Crippen LogP contribution is -2.48. The molecule has 0 aliphatic carbocycles. The number of rotatable bonds is 11. The quantitative estimate of drug-likeness (QED) is 0.285. The average Bonchev–Trinajstić information content (AvgIpc) is 3.25. The summed E-state index contributed by atoms with van der Waals surface area (Å²) in [7, 11) is -3.68. The van der Waals surface area contributed by atoms with Gasteiger partial charge in [0.2, 0.25) is 10.0 Å². The number of hydrogen-bond donors (Lipinski definition) is 4. The van der Waals surface area contributed by atoms with E-state index in [2.05, 4.69) is 21.5 Å². The van der Waals surface area contributed by atoms with Crippen LogP contribution in [0.15, 0.2) is 53.1 Å². The number of nitrogens with one attached hydrogen (secondary N) is 3. The number of amides is 1. The molecule has 0 fully saturated rings. The van der Waals surface area contributed by atoms with Crippen molar-refractivity contribution in [1.82, 2.24) is 15.6 Å². The number of halogens is 2. The van der Waals surface area contributed by atoms with Gasteiger partial charge in [-0.2, -0.15) is 4.98 Å². The minimum absolute atomic E-state index is 0.0166. The van der Waals surface area contributed by atoms with Crippen LogP contribution in [0.2, 0.25) is 0 Å². The molecule has 3 rings (SSSR count). The van der Waals surface area contributed by atoms with E-state index in [4.69, 9.17) is 10.8 Å². The molecular formula is C24H24F2N4O5S. The molecule has 0 aliphatic heterocycles. The number of carbonyl (C=O) groups excluding carboxylic acids is 1. The predicted molar refractivity (Wildman–Crippen MR) is 128 cm³/mol. The van der Waals surface area contributed by atoms with E-state index >= 15 is 0 Å². The third-order valence-corrected chi connectivity index (χ3v) is 5.49. The van der Waals surface area contributed by atoms with Gasteiger partial charge in [-0.1, -0.05) is 18.1 Å². The van der Waals surface area contributed by atoms with Crippen molar-refractivity contribution in [2.24, 2.45) is 0 Å². The Bertz CT molecular complexity index is 1350. The Labute approximate surface area is 207 Å². The van der Waals surface area contributed by atoms with Gasteiger partial charge in [0, 0.05) is 24.7 Å². The Morgan fingerprint density at radius 3 is 2.58 bits per heavy atom. The first-order valence-corrected chi connectivity index (χ1v) is 12.5. The molecule has 0 spiro atoms. The van der Waals surface area contributed by atoms with E-state index in [1.165, 1.54) is 0 Å². The highest BCUT2D eigenvalue weighted by Gasteiger charge is 2.25. The van der Waals surface area contributed by atoms with Gasteiger partial charge in [-0.3, -0.25) is 4.79 Å². The molecule has 0 saturated heterocycles. The molecule has 1 amide bonds. The summed E-state index contributed by atoms with van der Waals surface area (Å²) in [5, 5.41) is 16.4. The average molecular weight is 519 g/mol. The van der Waals surface area contributed by atoms with Crippen molar-refractivity contribution in [3.05, 3.63) is 82.7 Å². The number of nitrogens with zero attached hydrogens (tertiary/aromatic N) is 1. The van der Waals surface area contributed by atoms with Gasteiger partial charge < -0.3 is 20.2 Å². The highest BCUT2D eigenvalue weighted by molar-refractivity contribution is 7.91. The van der Waals surface area contributed by atoms with Crippen LogP contribution >= 0.6 is 0 Å². The molecule has 9 nitrogen and oxygen atoms in total. The Morgan fingerprint density at radius 2 is 1.92 bits per heavy atom. The number of carbonyl (C=O) groups is 1. The highest BCUT2D eigenvalue weighted by atomic mass is 32.2. The van der Waals surface area contributed by atoms with Gasteiger partial charge in [-0.25, -0.2) is 21.9 Å². The Morgan fingerprint density at radius 1 is 1.19 bits per heavy atom. The molecule has 36 heavy (non-hydrogen) atoms. The topological polar surface area (TPSA) is 134 Å². The van der Waals surface area contributed by atoms with Crippen LogP contribution in [0.1, 0.15) is 27.2 Å². The van der Waals surface area contributed by atoms with Crippen molar-refractivity contribution in [3.8, 4) is 12.3 Å². The SMILES string of the molecule is C#Cc1cccc(CNC[C@H](O)[C@H](Cc2cc(F)cc(F)c2)NC(=O)c2coc(NS(C)(=O)=O)n2)c1. The van der Waals surface area contributed by atoms with Crippen LogP contribution in [0.25, 0.3) is 0 Å². The molecule has 0 saturated carbocycles. The van der Waals surface area contributed by atoms with Crippen LogP contribution in [-0.2, 0) is 23.0 Å². The molecule has 0 radical (unpaired) electrons. The zero-order valence-electron chi connectivity index (χ0n) is 19.2. The van der Waals surface area contributed by atoms with Gasteiger partial charge in [-0.15, -0.1) is 6.42 Å². The second-order valence-corrected chi connectivity index (χ2v) is 9.77. The zero-order valence-corrected chi connectivity index (χ0v) is 20.0. The van der Waals surface area contributed by atoms with E-state index in [0.29, 0.717) is 18.2 Å². The summed E-state index contributed by atoms with van der Waals surface area (Å²) in [6.45, 7) is 0.383. The summed E-state index contributed by atoms with van der Waals surface area (Å²) in [5.74, 6) is 0.143. The molecule has 0 unspecified atom stereocenters. The van der Waals surface area contributed by atoms with Crippen molar-refractivity contribution < 1.29 is 31.5 Å². The smallest absolute Gasteiger partial charge is 0.309 e. The largest absolute Gasteiger partial charge is 0.431 e. The normalized spacial score (nSPS) is 13.0. The Kier molecular flexibility index (Phi) is 8.76. The standard InChI is InChI=1S/C24H24F2N4O5S/c1-3-15-5-4-6-16(7-15)12-27-13-22(31)20(10-17-8-18(25)11-19(26)9-17)28-23(32)21-14-35-24(29-21)30-36(2,33)34/h1,4-9,11,14,20,22,27,31H,10,12-13H2,2H3,(H,28,32)(H,29,30)/t20-,22-/m0/s1. The second kappa shape index (κ2) is 11.8. The number of benzene rings is 2. The molecule has 1 heterocycles. The van der Waals surface area contributed by atoms with Crippen LogP contribution in [0.4, 0.5) is 14.8 Å². The van der Waals surface area contributed by atoms with Crippen LogP contribution in [0.3, 0.4) is 0 Å². The third kappa shape index (κ3) is 8.16. The number of hydrogen-bond acceptors (Lipinski definition) is 7. The number of sulfonamides is 1. The van der Waals surface area contributed by atoms with E-state index in [1.54, 1.807) is 18.2 Å². The van der Waals surface area contributed by atoms with E-state index in [0.717, 1.165) is 30.2 Å². The van der Waals surface area contributed by atoms with Gasteiger partial charge in [0.25, 0.3) is 5.91 Å². The first-order chi connectivity index (χ1) is 17.0. The number of anilines is 1. The third-order valence-electron chi connectivity index (χ3n) is 4.94. The lowest BCUT2D eigenvalue weighted by Gasteiger charge is -2.24. The van der Waals surface area contributed by atoms with Gasteiger partial charge >= 0.3 is 6.01 Å². The molecule has 0 bridgehead atoms. The van der Waals surface area contributed by atoms with Gasteiger partial charge in [0.1, 0.15) is 17.9 Å². The summed E-state index contributed by atoms with van der Waals surface area (Å²) >= 11 is 0. The van der Waals surface area contributed by atoms with Crippen LogP contribution in [0.5, 0.6) is 0 Å². The molecule has 2 atom stereocenters. The molecule has 12 heteroatoms. The van der Waals surface area contributed by atoms with E-state index in [-0.39, 0.29) is 24.2 Å². The molecule has 0 aliphatic rings. The Hall–Kier alpha value is -3.79. The second-order valence-electron chi connectivity index (χ2n) is 8.02. The van der Waals surface area contributed by atoms with Crippen LogP contribution in [-0.4, -0.2) is 49.4 Å². The number of oxazole rings is 1. The number of aromatic nitrogens is 1.